The third kappa shape index (κ3) is 7.45. The number of nitrogens with zero attached hydrogens (tertiary/aromatic N) is 3. The van der Waals surface area contributed by atoms with Crippen molar-refractivity contribution >= 4 is 16.7 Å². The second-order valence-electron chi connectivity index (χ2n) is 16.3. The summed E-state index contributed by atoms with van der Waals surface area (Å²) in [5, 5.41) is 18.1. The number of piperazine rings is 1. The van der Waals surface area contributed by atoms with Gasteiger partial charge in [-0.05, 0) is 122 Å². The molecular weight excluding hydrogens is 684 g/mol. The first-order valence-electron chi connectivity index (χ1n) is 20.1. The third-order valence-corrected chi connectivity index (χ3v) is 13.2. The van der Waals surface area contributed by atoms with E-state index in [0.717, 1.165) is 68.8 Å². The van der Waals surface area contributed by atoms with Crippen LogP contribution in [-0.4, -0.2) is 89.7 Å². The van der Waals surface area contributed by atoms with E-state index in [-0.39, 0.29) is 22.4 Å². The van der Waals surface area contributed by atoms with Gasteiger partial charge in [0.15, 0.2) is 0 Å². The van der Waals surface area contributed by atoms with Gasteiger partial charge in [0.2, 0.25) is 0 Å². The van der Waals surface area contributed by atoms with Crippen LogP contribution in [0, 0.1) is 23.1 Å². The summed E-state index contributed by atoms with van der Waals surface area (Å²) in [7, 11) is 0. The molecule has 10 heteroatoms. The zero-order valence-corrected chi connectivity index (χ0v) is 31.4. The number of H-pyrrole nitrogens is 1. The number of aromatic nitrogens is 2. The number of aromatic amines is 1. The number of carbonyl (C=O) groups excluding carboxylic acids is 1. The Morgan fingerprint density at radius 2 is 1.78 bits per heavy atom. The Kier molecular flexibility index (Phi) is 10.9. The Labute approximate surface area is 316 Å². The highest BCUT2D eigenvalue weighted by molar-refractivity contribution is 5.95. The van der Waals surface area contributed by atoms with E-state index >= 15 is 0 Å². The van der Waals surface area contributed by atoms with Gasteiger partial charge in [-0.3, -0.25) is 14.5 Å². The van der Waals surface area contributed by atoms with Crippen molar-refractivity contribution in [1.82, 2.24) is 20.0 Å². The van der Waals surface area contributed by atoms with Crippen molar-refractivity contribution in [3.8, 4) is 5.75 Å². The van der Waals surface area contributed by atoms with Crippen LogP contribution in [0.2, 0.25) is 0 Å². The predicted molar refractivity (Wildman–Crippen MR) is 206 cm³/mol. The van der Waals surface area contributed by atoms with E-state index in [1.807, 2.05) is 24.3 Å². The maximum atomic E-state index is 14.9. The summed E-state index contributed by atoms with van der Waals surface area (Å²) >= 11 is 0. The molecule has 2 saturated carbocycles. The molecule has 4 aromatic rings. The van der Waals surface area contributed by atoms with E-state index in [2.05, 4.69) is 28.1 Å². The number of ether oxygens (including phenoxy) is 2. The van der Waals surface area contributed by atoms with Gasteiger partial charge in [0.05, 0.1) is 22.7 Å². The molecule has 0 bridgehead atoms. The number of benzene rings is 3. The van der Waals surface area contributed by atoms with Crippen LogP contribution in [0.25, 0.3) is 10.8 Å². The lowest BCUT2D eigenvalue weighted by molar-refractivity contribution is -0.0677. The van der Waals surface area contributed by atoms with Crippen molar-refractivity contribution in [2.75, 3.05) is 52.5 Å². The number of aryl methyl sites for hydroxylation is 1. The maximum Gasteiger partial charge on any atom is 0.272 e. The fraction of sp³-hybridized carbons (Fsp3) is 0.523. The molecule has 3 aliphatic carbocycles. The molecule has 0 spiro atoms. The van der Waals surface area contributed by atoms with E-state index in [4.69, 9.17) is 9.47 Å². The number of nitrogens with one attached hydrogen (secondary N) is 1. The van der Waals surface area contributed by atoms with Crippen LogP contribution in [0.15, 0.2) is 65.5 Å². The molecular formula is C44H53FN4O5. The number of fused-ring (bicyclic) bond motifs is 6. The lowest BCUT2D eigenvalue weighted by atomic mass is 9.55. The molecule has 9 nitrogen and oxygen atoms in total. The van der Waals surface area contributed by atoms with Gasteiger partial charge in [-0.1, -0.05) is 37.3 Å². The SMILES string of the molecule is C[C@]12CC[C@@H]3c4ccc(O)cc4CC[C@H]3[C@@H]1CC[C@@H]2OCCCOCCCN1CCN(C(=O)c2cc(Cc3n[nH]c(=O)c4ccccc34)ccc2F)CC1. The first-order valence-corrected chi connectivity index (χ1v) is 20.1. The minimum Gasteiger partial charge on any atom is -0.508 e. The highest BCUT2D eigenvalue weighted by Crippen LogP contribution is 2.61. The molecule has 5 atom stereocenters. The molecule has 1 amide bonds. The Hall–Kier alpha value is -4.12. The molecule has 1 saturated heterocycles. The van der Waals surface area contributed by atoms with E-state index in [1.165, 1.54) is 42.9 Å². The van der Waals surface area contributed by atoms with E-state index < -0.39 is 5.82 Å². The van der Waals surface area contributed by atoms with Crippen LogP contribution >= 0.6 is 0 Å². The Bertz CT molecular complexity index is 2030. The lowest BCUT2D eigenvalue weighted by Gasteiger charge is -2.50. The van der Waals surface area contributed by atoms with Crippen LogP contribution in [-0.2, 0) is 22.3 Å². The molecule has 54 heavy (non-hydrogen) atoms. The van der Waals surface area contributed by atoms with Gasteiger partial charge >= 0.3 is 0 Å². The maximum absolute atomic E-state index is 14.9. The van der Waals surface area contributed by atoms with Gasteiger partial charge in [0.25, 0.3) is 11.5 Å². The third-order valence-electron chi connectivity index (χ3n) is 13.2. The number of hydrogen-bond acceptors (Lipinski definition) is 7. The molecule has 3 fully saturated rings. The number of carbonyl (C=O) groups is 1. The largest absolute Gasteiger partial charge is 0.508 e. The standard InChI is InChI=1S/C44H53FN4O5/c1-44-17-16-33-32-12-10-31(50)28-30(32)9-11-34(33)38(44)13-15-41(44)54-25-5-24-53-23-4-18-48-19-21-49(22-20-48)43(52)37-26-29(8-14-39(37)45)27-40-35-6-2-3-7-36(35)42(51)47-46-40/h2-3,6-8,10,12,14,26,28,33-34,38,41,50H,4-5,9,11,13,15-25,27H2,1H3,(H,47,51)/t33-,34-,38+,41+,44+/m1/s1. The fourth-order valence-electron chi connectivity index (χ4n) is 10.4. The normalized spacial score (nSPS) is 25.3. The highest BCUT2D eigenvalue weighted by atomic mass is 19.1. The number of phenols is 1. The summed E-state index contributed by atoms with van der Waals surface area (Å²) in [6, 6.07) is 17.9. The number of aromatic hydroxyl groups is 1. The Balaban J connectivity index is 0.728. The number of amides is 1. The van der Waals surface area contributed by atoms with E-state index in [9.17, 15) is 19.1 Å². The molecule has 4 aliphatic rings. The molecule has 3 aromatic carbocycles. The smallest absolute Gasteiger partial charge is 0.272 e. The van der Waals surface area contributed by atoms with Crippen LogP contribution < -0.4 is 5.56 Å². The lowest BCUT2D eigenvalue weighted by Crippen LogP contribution is -2.49. The molecule has 2 N–H and O–H groups in total. The van der Waals surface area contributed by atoms with Crippen molar-refractivity contribution in [1.29, 1.82) is 0 Å². The number of halogens is 1. The second kappa shape index (κ2) is 15.9. The highest BCUT2D eigenvalue weighted by Gasteiger charge is 2.55. The van der Waals surface area contributed by atoms with Gasteiger partial charge in [0.1, 0.15) is 11.6 Å². The number of hydrogen-bond donors (Lipinski definition) is 2. The quantitative estimate of drug-likeness (QED) is 0.153. The zero-order chi connectivity index (χ0) is 37.2. The minimum absolute atomic E-state index is 0.0687. The summed E-state index contributed by atoms with van der Waals surface area (Å²) in [5.74, 6) is 1.63. The van der Waals surface area contributed by atoms with Crippen LogP contribution in [0.5, 0.6) is 5.75 Å². The summed E-state index contributed by atoms with van der Waals surface area (Å²) in [6.07, 6.45) is 9.66. The summed E-state index contributed by atoms with van der Waals surface area (Å²) in [4.78, 5) is 29.7. The Morgan fingerprint density at radius 3 is 2.63 bits per heavy atom. The Morgan fingerprint density at radius 1 is 0.963 bits per heavy atom. The van der Waals surface area contributed by atoms with Gasteiger partial charge in [-0.15, -0.1) is 0 Å². The molecule has 8 rings (SSSR count). The monoisotopic (exact) mass is 736 g/mol. The van der Waals surface area contributed by atoms with Crippen molar-refractivity contribution in [3.63, 3.8) is 0 Å². The molecule has 1 aromatic heterocycles. The van der Waals surface area contributed by atoms with Gasteiger partial charge in [0, 0.05) is 64.4 Å². The molecule has 2 heterocycles. The molecule has 0 radical (unpaired) electrons. The number of rotatable bonds is 12. The van der Waals surface area contributed by atoms with Crippen LogP contribution in [0.4, 0.5) is 4.39 Å². The van der Waals surface area contributed by atoms with Gasteiger partial charge < -0.3 is 19.5 Å². The average molecular weight is 737 g/mol. The molecule has 0 unspecified atom stereocenters. The summed E-state index contributed by atoms with van der Waals surface area (Å²) < 4.78 is 27.5. The van der Waals surface area contributed by atoms with Crippen LogP contribution in [0.3, 0.4) is 0 Å². The predicted octanol–water partition coefficient (Wildman–Crippen LogP) is 6.85. The second-order valence-corrected chi connectivity index (χ2v) is 16.3. The van der Waals surface area contributed by atoms with E-state index in [0.29, 0.717) is 67.5 Å². The topological polar surface area (TPSA) is 108 Å². The van der Waals surface area contributed by atoms with Crippen molar-refractivity contribution in [2.24, 2.45) is 17.3 Å². The van der Waals surface area contributed by atoms with Gasteiger partial charge in [-0.25, -0.2) is 9.49 Å². The van der Waals surface area contributed by atoms with E-state index in [1.54, 1.807) is 29.2 Å². The van der Waals surface area contributed by atoms with Gasteiger partial charge in [-0.2, -0.15) is 5.10 Å². The van der Waals surface area contributed by atoms with Crippen molar-refractivity contribution in [2.45, 2.75) is 76.7 Å². The zero-order valence-electron chi connectivity index (χ0n) is 31.4. The first kappa shape index (κ1) is 36.8. The molecule has 286 valence electrons. The molecule has 1 aliphatic heterocycles. The van der Waals surface area contributed by atoms with Crippen LogP contribution in [0.1, 0.15) is 90.5 Å². The fourth-order valence-corrected chi connectivity index (χ4v) is 10.4. The van der Waals surface area contributed by atoms with Crippen molar-refractivity contribution in [3.05, 3.63) is 105 Å². The first-order chi connectivity index (χ1) is 26.3. The van der Waals surface area contributed by atoms with Crippen molar-refractivity contribution < 1.29 is 23.8 Å². The average Bonchev–Trinajstić information content (AvgIpc) is 3.53. The summed E-state index contributed by atoms with van der Waals surface area (Å²) in [5.41, 5.74) is 4.33. The summed E-state index contributed by atoms with van der Waals surface area (Å²) in [6.45, 7) is 8.10. The minimum atomic E-state index is -0.532. The number of phenolic OH excluding ortho intramolecular Hbond substituents is 1.